The molecule has 140 valence electrons. The molecule has 1 N–H and O–H groups in total. The lowest BCUT2D eigenvalue weighted by atomic mass is 9.87. The Labute approximate surface area is 160 Å². The standard InChI is InChI=1S/C21H26ClNO3/c1-15(26-19-7-5-6-17(22)14-19)20(24)23-12-13-25-18-10-8-16(9-11-18)21(2,3)4/h5-11,14-15H,12-13H2,1-4H3,(H,23,24)/t15-/m1/s1. The fourth-order valence-electron chi connectivity index (χ4n) is 2.34. The maximum atomic E-state index is 12.1. The highest BCUT2D eigenvalue weighted by atomic mass is 35.5. The SMILES string of the molecule is C[C@@H](Oc1cccc(Cl)c1)C(=O)NCCOc1ccc(C(C)(C)C)cc1. The highest BCUT2D eigenvalue weighted by Gasteiger charge is 2.15. The van der Waals surface area contributed by atoms with Crippen LogP contribution in [0.25, 0.3) is 0 Å². The topological polar surface area (TPSA) is 47.6 Å². The summed E-state index contributed by atoms with van der Waals surface area (Å²) in [6.07, 6.45) is -0.612. The van der Waals surface area contributed by atoms with Crippen molar-refractivity contribution in [2.24, 2.45) is 0 Å². The Kier molecular flexibility index (Phi) is 6.92. The van der Waals surface area contributed by atoms with E-state index >= 15 is 0 Å². The number of carbonyl (C=O) groups is 1. The second-order valence-electron chi connectivity index (χ2n) is 7.13. The zero-order valence-corrected chi connectivity index (χ0v) is 16.5. The smallest absolute Gasteiger partial charge is 0.260 e. The molecule has 0 radical (unpaired) electrons. The van der Waals surface area contributed by atoms with Crippen LogP contribution < -0.4 is 14.8 Å². The van der Waals surface area contributed by atoms with Crippen molar-refractivity contribution in [1.82, 2.24) is 5.32 Å². The normalized spacial score (nSPS) is 12.3. The first-order valence-electron chi connectivity index (χ1n) is 8.69. The molecule has 2 rings (SSSR count). The zero-order chi connectivity index (χ0) is 19.2. The maximum absolute atomic E-state index is 12.1. The van der Waals surface area contributed by atoms with Crippen LogP contribution in [-0.4, -0.2) is 25.2 Å². The minimum absolute atomic E-state index is 0.117. The van der Waals surface area contributed by atoms with E-state index in [1.807, 2.05) is 12.1 Å². The van der Waals surface area contributed by atoms with Gasteiger partial charge in [-0.05, 0) is 48.2 Å². The number of benzene rings is 2. The average Bonchev–Trinajstić information content (AvgIpc) is 2.58. The minimum atomic E-state index is -0.612. The Morgan fingerprint density at radius 2 is 1.81 bits per heavy atom. The van der Waals surface area contributed by atoms with Gasteiger partial charge in [0.25, 0.3) is 5.91 Å². The van der Waals surface area contributed by atoms with Crippen molar-refractivity contribution >= 4 is 17.5 Å². The molecule has 1 atom stereocenters. The van der Waals surface area contributed by atoms with Crippen molar-refractivity contribution in [3.05, 3.63) is 59.1 Å². The summed E-state index contributed by atoms with van der Waals surface area (Å²) in [6.45, 7) is 9.01. The molecule has 2 aromatic rings. The van der Waals surface area contributed by atoms with Gasteiger partial charge in [-0.15, -0.1) is 0 Å². The van der Waals surface area contributed by atoms with Gasteiger partial charge < -0.3 is 14.8 Å². The Bertz CT molecular complexity index is 723. The summed E-state index contributed by atoms with van der Waals surface area (Å²) in [5, 5.41) is 3.37. The number of hydrogen-bond donors (Lipinski definition) is 1. The lowest BCUT2D eigenvalue weighted by molar-refractivity contribution is -0.127. The number of amides is 1. The number of hydrogen-bond acceptors (Lipinski definition) is 3. The fraction of sp³-hybridized carbons (Fsp3) is 0.381. The molecular weight excluding hydrogens is 350 g/mol. The molecule has 0 aliphatic carbocycles. The van der Waals surface area contributed by atoms with Gasteiger partial charge in [-0.2, -0.15) is 0 Å². The van der Waals surface area contributed by atoms with Crippen LogP contribution in [0.1, 0.15) is 33.3 Å². The van der Waals surface area contributed by atoms with Gasteiger partial charge in [-0.1, -0.05) is 50.6 Å². The van der Waals surface area contributed by atoms with Gasteiger partial charge in [0.1, 0.15) is 18.1 Å². The second kappa shape index (κ2) is 8.95. The molecule has 0 bridgehead atoms. The van der Waals surface area contributed by atoms with Gasteiger partial charge in [0.05, 0.1) is 6.54 Å². The van der Waals surface area contributed by atoms with Gasteiger partial charge in [-0.25, -0.2) is 0 Å². The molecule has 0 fully saturated rings. The quantitative estimate of drug-likeness (QED) is 0.719. The summed E-state index contributed by atoms with van der Waals surface area (Å²) < 4.78 is 11.2. The maximum Gasteiger partial charge on any atom is 0.260 e. The molecule has 26 heavy (non-hydrogen) atoms. The Morgan fingerprint density at radius 1 is 1.12 bits per heavy atom. The molecule has 0 saturated heterocycles. The third kappa shape index (κ3) is 6.26. The monoisotopic (exact) mass is 375 g/mol. The number of halogens is 1. The van der Waals surface area contributed by atoms with E-state index in [2.05, 4.69) is 38.2 Å². The highest BCUT2D eigenvalue weighted by molar-refractivity contribution is 6.30. The number of ether oxygens (including phenoxy) is 2. The zero-order valence-electron chi connectivity index (χ0n) is 15.7. The van der Waals surface area contributed by atoms with Crippen LogP contribution in [0.15, 0.2) is 48.5 Å². The molecule has 2 aromatic carbocycles. The van der Waals surface area contributed by atoms with Crippen LogP contribution in [0.4, 0.5) is 0 Å². The summed E-state index contributed by atoms with van der Waals surface area (Å²) in [6, 6.07) is 15.0. The summed E-state index contributed by atoms with van der Waals surface area (Å²) in [5.41, 5.74) is 1.37. The van der Waals surface area contributed by atoms with Crippen molar-refractivity contribution in [2.45, 2.75) is 39.2 Å². The molecule has 0 unspecified atom stereocenters. The number of carbonyl (C=O) groups excluding carboxylic acids is 1. The van der Waals surface area contributed by atoms with Crippen molar-refractivity contribution in [1.29, 1.82) is 0 Å². The number of rotatable bonds is 7. The van der Waals surface area contributed by atoms with Crippen molar-refractivity contribution in [3.8, 4) is 11.5 Å². The van der Waals surface area contributed by atoms with Crippen molar-refractivity contribution in [3.63, 3.8) is 0 Å². The lowest BCUT2D eigenvalue weighted by Gasteiger charge is -2.19. The molecular formula is C21H26ClNO3. The first-order valence-corrected chi connectivity index (χ1v) is 9.07. The first kappa shape index (κ1) is 20.1. The van der Waals surface area contributed by atoms with Crippen molar-refractivity contribution in [2.75, 3.05) is 13.2 Å². The highest BCUT2D eigenvalue weighted by Crippen LogP contribution is 2.24. The summed E-state index contributed by atoms with van der Waals surface area (Å²) >= 11 is 5.91. The summed E-state index contributed by atoms with van der Waals surface area (Å²) in [5.74, 6) is 1.16. The molecule has 0 aromatic heterocycles. The molecule has 0 heterocycles. The Balaban J connectivity index is 1.72. The van der Waals surface area contributed by atoms with Crippen LogP contribution in [-0.2, 0) is 10.2 Å². The van der Waals surface area contributed by atoms with E-state index in [1.165, 1.54) is 5.56 Å². The lowest BCUT2D eigenvalue weighted by Crippen LogP contribution is -2.38. The molecule has 0 spiro atoms. The van der Waals surface area contributed by atoms with E-state index in [9.17, 15) is 4.79 Å². The molecule has 0 saturated carbocycles. The van der Waals surface area contributed by atoms with Gasteiger partial charge in [0.15, 0.2) is 6.10 Å². The predicted molar refractivity (Wildman–Crippen MR) is 105 cm³/mol. The van der Waals surface area contributed by atoms with Crippen LogP contribution in [0.2, 0.25) is 5.02 Å². The van der Waals surface area contributed by atoms with E-state index in [0.717, 1.165) is 5.75 Å². The Hall–Kier alpha value is -2.20. The van der Waals surface area contributed by atoms with E-state index in [0.29, 0.717) is 23.9 Å². The molecule has 5 heteroatoms. The molecule has 0 aliphatic rings. The van der Waals surface area contributed by atoms with Gasteiger partial charge in [0.2, 0.25) is 0 Å². The number of nitrogens with one attached hydrogen (secondary N) is 1. The molecule has 1 amide bonds. The van der Waals surface area contributed by atoms with E-state index in [-0.39, 0.29) is 11.3 Å². The van der Waals surface area contributed by atoms with Crippen LogP contribution >= 0.6 is 11.6 Å². The van der Waals surface area contributed by atoms with E-state index in [1.54, 1.807) is 31.2 Å². The van der Waals surface area contributed by atoms with Gasteiger partial charge in [0, 0.05) is 5.02 Å². The third-order valence-corrected chi connectivity index (χ3v) is 4.10. The second-order valence-corrected chi connectivity index (χ2v) is 7.57. The van der Waals surface area contributed by atoms with Crippen LogP contribution in [0.5, 0.6) is 11.5 Å². The molecule has 0 aliphatic heterocycles. The summed E-state index contributed by atoms with van der Waals surface area (Å²) in [4.78, 5) is 12.1. The van der Waals surface area contributed by atoms with E-state index < -0.39 is 6.10 Å². The van der Waals surface area contributed by atoms with Gasteiger partial charge >= 0.3 is 0 Å². The minimum Gasteiger partial charge on any atom is -0.492 e. The average molecular weight is 376 g/mol. The van der Waals surface area contributed by atoms with E-state index in [4.69, 9.17) is 21.1 Å². The van der Waals surface area contributed by atoms with Crippen LogP contribution in [0, 0.1) is 0 Å². The van der Waals surface area contributed by atoms with Gasteiger partial charge in [-0.3, -0.25) is 4.79 Å². The third-order valence-electron chi connectivity index (χ3n) is 3.87. The van der Waals surface area contributed by atoms with Crippen LogP contribution in [0.3, 0.4) is 0 Å². The fourth-order valence-corrected chi connectivity index (χ4v) is 2.52. The first-order chi connectivity index (χ1) is 12.3. The Morgan fingerprint density at radius 3 is 2.42 bits per heavy atom. The summed E-state index contributed by atoms with van der Waals surface area (Å²) in [7, 11) is 0. The predicted octanol–water partition coefficient (Wildman–Crippen LogP) is 4.60. The van der Waals surface area contributed by atoms with Crippen molar-refractivity contribution < 1.29 is 14.3 Å². The molecule has 4 nitrogen and oxygen atoms in total. The largest absolute Gasteiger partial charge is 0.492 e.